The van der Waals surface area contributed by atoms with Crippen LogP contribution in [0.4, 0.5) is 0 Å². The van der Waals surface area contributed by atoms with Gasteiger partial charge in [0, 0.05) is 7.11 Å². The van der Waals surface area contributed by atoms with E-state index in [2.05, 4.69) is 16.5 Å². The van der Waals surface area contributed by atoms with Crippen LogP contribution in [0.2, 0.25) is 0 Å². The van der Waals surface area contributed by atoms with Gasteiger partial charge in [-0.25, -0.2) is 9.78 Å². The van der Waals surface area contributed by atoms with Crippen molar-refractivity contribution in [3.63, 3.8) is 0 Å². The maximum Gasteiger partial charge on any atom is 0.335 e. The van der Waals surface area contributed by atoms with E-state index in [4.69, 9.17) is 9.84 Å². The molecule has 0 amide bonds. The molecule has 1 aromatic carbocycles. The van der Waals surface area contributed by atoms with E-state index in [1.165, 1.54) is 0 Å². The Morgan fingerprint density at radius 3 is 2.85 bits per heavy atom. The van der Waals surface area contributed by atoms with Gasteiger partial charge in [-0.05, 0) is 31.5 Å². The monoisotopic (exact) mass is 276 g/mol. The molecule has 5 nitrogen and oxygen atoms in total. The Morgan fingerprint density at radius 2 is 2.25 bits per heavy atom. The number of nitrogens with zero attached hydrogens (tertiary/aromatic N) is 2. The highest BCUT2D eigenvalue weighted by Gasteiger charge is 2.17. The Bertz CT molecular complexity index is 613. The van der Waals surface area contributed by atoms with E-state index in [1.54, 1.807) is 25.3 Å². The van der Waals surface area contributed by atoms with Crippen LogP contribution in [0.5, 0.6) is 0 Å². The van der Waals surface area contributed by atoms with Crippen LogP contribution in [0.25, 0.3) is 11.0 Å². The lowest BCUT2D eigenvalue weighted by molar-refractivity contribution is 0.0697. The predicted molar refractivity (Wildman–Crippen MR) is 77.3 cm³/mol. The molecule has 0 saturated heterocycles. The molecule has 0 radical (unpaired) electrons. The molecule has 5 heteroatoms. The molecule has 1 unspecified atom stereocenters. The summed E-state index contributed by atoms with van der Waals surface area (Å²) in [7, 11) is 1.68. The van der Waals surface area contributed by atoms with Crippen molar-refractivity contribution in [3.05, 3.63) is 29.6 Å². The number of carboxylic acids is 1. The van der Waals surface area contributed by atoms with Crippen molar-refractivity contribution in [1.29, 1.82) is 0 Å². The topological polar surface area (TPSA) is 64.4 Å². The molecule has 1 atom stereocenters. The molecule has 1 aromatic heterocycles. The summed E-state index contributed by atoms with van der Waals surface area (Å²) in [6.07, 6.45) is 2.00. The average Bonchev–Trinajstić information content (AvgIpc) is 2.73. The highest BCUT2D eigenvalue weighted by atomic mass is 16.5. The lowest BCUT2D eigenvalue weighted by Gasteiger charge is -2.19. The number of methoxy groups -OCH3 is 1. The van der Waals surface area contributed by atoms with Crippen LogP contribution in [0.1, 0.15) is 42.0 Å². The van der Waals surface area contributed by atoms with Gasteiger partial charge in [0.15, 0.2) is 0 Å². The number of hydrogen-bond acceptors (Lipinski definition) is 3. The first-order chi connectivity index (χ1) is 9.58. The molecule has 1 N–H and O–H groups in total. The molecule has 108 valence electrons. The summed E-state index contributed by atoms with van der Waals surface area (Å²) in [5, 5.41) is 9.13. The van der Waals surface area contributed by atoms with Gasteiger partial charge in [0.05, 0.1) is 29.2 Å². The number of carboxylic acid groups (broad SMARTS) is 1. The van der Waals surface area contributed by atoms with Crippen LogP contribution in [0.15, 0.2) is 18.2 Å². The fourth-order valence-corrected chi connectivity index (χ4v) is 2.62. The fraction of sp³-hybridized carbons (Fsp3) is 0.467. The zero-order valence-corrected chi connectivity index (χ0v) is 12.1. The van der Waals surface area contributed by atoms with Crippen LogP contribution in [-0.2, 0) is 4.74 Å². The minimum atomic E-state index is -0.920. The molecule has 0 bridgehead atoms. The van der Waals surface area contributed by atoms with Gasteiger partial charge in [-0.2, -0.15) is 0 Å². The SMILES string of the molecule is CCCC(COC)n1c(C)nc2ccc(C(=O)O)cc21. The first kappa shape index (κ1) is 14.5. The van der Waals surface area contributed by atoms with E-state index >= 15 is 0 Å². The van der Waals surface area contributed by atoms with Gasteiger partial charge in [-0.15, -0.1) is 0 Å². The Labute approximate surface area is 118 Å². The van der Waals surface area contributed by atoms with Crippen molar-refractivity contribution in [2.24, 2.45) is 0 Å². The summed E-state index contributed by atoms with van der Waals surface area (Å²) >= 11 is 0. The van der Waals surface area contributed by atoms with Gasteiger partial charge in [0.2, 0.25) is 0 Å². The maximum absolute atomic E-state index is 11.1. The third-order valence-corrected chi connectivity index (χ3v) is 3.46. The number of rotatable bonds is 6. The number of imidazole rings is 1. The molecular formula is C15H20N2O3. The number of aryl methyl sites for hydroxylation is 1. The largest absolute Gasteiger partial charge is 0.478 e. The van der Waals surface area contributed by atoms with Gasteiger partial charge >= 0.3 is 5.97 Å². The molecule has 0 fully saturated rings. The van der Waals surface area contributed by atoms with Gasteiger partial charge in [-0.3, -0.25) is 0 Å². The van der Waals surface area contributed by atoms with Crippen LogP contribution >= 0.6 is 0 Å². The lowest BCUT2D eigenvalue weighted by atomic mass is 10.1. The number of hydrogen-bond donors (Lipinski definition) is 1. The normalized spacial score (nSPS) is 12.8. The quantitative estimate of drug-likeness (QED) is 0.880. The highest BCUT2D eigenvalue weighted by Crippen LogP contribution is 2.25. The number of benzene rings is 1. The van der Waals surface area contributed by atoms with Crippen LogP contribution in [-0.4, -0.2) is 34.3 Å². The third kappa shape index (κ3) is 2.67. The molecule has 0 aliphatic carbocycles. The van der Waals surface area contributed by atoms with Crippen molar-refractivity contribution in [2.75, 3.05) is 13.7 Å². The van der Waals surface area contributed by atoms with E-state index in [0.717, 1.165) is 29.7 Å². The number of fused-ring (bicyclic) bond motifs is 1. The lowest BCUT2D eigenvalue weighted by Crippen LogP contribution is -2.16. The third-order valence-electron chi connectivity index (χ3n) is 3.46. The molecule has 2 aromatic rings. The summed E-state index contributed by atoms with van der Waals surface area (Å²) < 4.78 is 7.39. The summed E-state index contributed by atoms with van der Waals surface area (Å²) in [4.78, 5) is 15.6. The standard InChI is InChI=1S/C15H20N2O3/c1-4-5-12(9-20-3)17-10(2)16-13-7-6-11(15(18)19)8-14(13)17/h6-8,12H,4-5,9H2,1-3H3,(H,18,19). The van der Waals surface area contributed by atoms with E-state index in [9.17, 15) is 4.79 Å². The van der Waals surface area contributed by atoms with E-state index < -0.39 is 5.97 Å². The fourth-order valence-electron chi connectivity index (χ4n) is 2.62. The van der Waals surface area contributed by atoms with Gasteiger partial charge < -0.3 is 14.4 Å². The Hall–Kier alpha value is -1.88. The van der Waals surface area contributed by atoms with Gasteiger partial charge in [0.1, 0.15) is 5.82 Å². The van der Waals surface area contributed by atoms with Crippen molar-refractivity contribution in [1.82, 2.24) is 9.55 Å². The first-order valence-corrected chi connectivity index (χ1v) is 6.79. The molecule has 0 saturated carbocycles. The molecule has 1 heterocycles. The van der Waals surface area contributed by atoms with Crippen molar-refractivity contribution in [2.45, 2.75) is 32.7 Å². The average molecular weight is 276 g/mol. The molecule has 0 aliphatic heterocycles. The van der Waals surface area contributed by atoms with Gasteiger partial charge in [0.25, 0.3) is 0 Å². The van der Waals surface area contributed by atoms with Crippen LogP contribution in [0, 0.1) is 6.92 Å². The first-order valence-electron chi connectivity index (χ1n) is 6.79. The van der Waals surface area contributed by atoms with E-state index in [1.807, 2.05) is 6.92 Å². The number of carbonyl (C=O) groups is 1. The second kappa shape index (κ2) is 6.05. The molecule has 2 rings (SSSR count). The summed E-state index contributed by atoms with van der Waals surface area (Å²) in [6, 6.07) is 5.22. The summed E-state index contributed by atoms with van der Waals surface area (Å²) in [5.41, 5.74) is 1.97. The second-order valence-electron chi connectivity index (χ2n) is 4.94. The number of aromatic carboxylic acids is 1. The maximum atomic E-state index is 11.1. The van der Waals surface area contributed by atoms with Crippen molar-refractivity contribution >= 4 is 17.0 Å². The number of aromatic nitrogens is 2. The second-order valence-corrected chi connectivity index (χ2v) is 4.94. The molecule has 0 aliphatic rings. The highest BCUT2D eigenvalue weighted by molar-refractivity contribution is 5.92. The Balaban J connectivity index is 2.57. The predicted octanol–water partition coefficient (Wildman–Crippen LogP) is 3.03. The number of ether oxygens (including phenoxy) is 1. The smallest absolute Gasteiger partial charge is 0.335 e. The molecule has 0 spiro atoms. The van der Waals surface area contributed by atoms with Gasteiger partial charge in [-0.1, -0.05) is 13.3 Å². The van der Waals surface area contributed by atoms with Crippen LogP contribution < -0.4 is 0 Å². The molecule has 20 heavy (non-hydrogen) atoms. The van der Waals surface area contributed by atoms with E-state index in [-0.39, 0.29) is 11.6 Å². The molecular weight excluding hydrogens is 256 g/mol. The zero-order chi connectivity index (χ0) is 14.7. The Morgan fingerprint density at radius 1 is 1.50 bits per heavy atom. The van der Waals surface area contributed by atoms with Crippen LogP contribution in [0.3, 0.4) is 0 Å². The Kier molecular flexibility index (Phi) is 4.39. The summed E-state index contributed by atoms with van der Waals surface area (Å²) in [6.45, 7) is 4.66. The zero-order valence-electron chi connectivity index (χ0n) is 12.1. The van der Waals surface area contributed by atoms with Crippen molar-refractivity contribution in [3.8, 4) is 0 Å². The summed E-state index contributed by atoms with van der Waals surface area (Å²) in [5.74, 6) is -0.0332. The van der Waals surface area contributed by atoms with Crippen molar-refractivity contribution < 1.29 is 14.6 Å². The van der Waals surface area contributed by atoms with E-state index in [0.29, 0.717) is 6.61 Å². The minimum Gasteiger partial charge on any atom is -0.478 e. The minimum absolute atomic E-state index is 0.180.